The van der Waals surface area contributed by atoms with Gasteiger partial charge >= 0.3 is 0 Å². The van der Waals surface area contributed by atoms with Crippen LogP contribution in [0.2, 0.25) is 0 Å². The normalized spacial score (nSPS) is 11.7. The highest BCUT2D eigenvalue weighted by Gasteiger charge is 2.21. The fourth-order valence-electron chi connectivity index (χ4n) is 2.38. The summed E-state index contributed by atoms with van der Waals surface area (Å²) in [6.45, 7) is 2.61. The molecule has 0 radical (unpaired) electrons. The van der Waals surface area contributed by atoms with Gasteiger partial charge in [-0.3, -0.25) is 20.0 Å². The molecule has 0 fully saturated rings. The first-order valence-corrected chi connectivity index (χ1v) is 9.68. The monoisotopic (exact) mass is 367 g/mol. The molecule has 0 aliphatic carbocycles. The molecular formula is C17H29N5O2S. The first kappa shape index (κ1) is 21.1. The van der Waals surface area contributed by atoms with Crippen LogP contribution in [-0.4, -0.2) is 35.2 Å². The van der Waals surface area contributed by atoms with Gasteiger partial charge in [0, 0.05) is 36.9 Å². The second kappa shape index (κ2) is 12.4. The van der Waals surface area contributed by atoms with Crippen molar-refractivity contribution < 1.29 is 9.59 Å². The van der Waals surface area contributed by atoms with Crippen LogP contribution in [0, 0.1) is 5.41 Å². The Labute approximate surface area is 153 Å². The third-order valence-electron chi connectivity index (χ3n) is 3.74. The Balaban J connectivity index is 2.36. The SMILES string of the molecule is CCCCCCCC(=O)N[C@H](CC(=N)N)C(=O)NCCc1cncs1. The van der Waals surface area contributed by atoms with Crippen LogP contribution in [0.1, 0.15) is 56.7 Å². The van der Waals surface area contributed by atoms with Crippen LogP contribution in [0.4, 0.5) is 0 Å². The van der Waals surface area contributed by atoms with E-state index in [2.05, 4.69) is 22.5 Å². The van der Waals surface area contributed by atoms with Crippen molar-refractivity contribution in [1.82, 2.24) is 15.6 Å². The summed E-state index contributed by atoms with van der Waals surface area (Å²) in [5.74, 6) is -0.592. The van der Waals surface area contributed by atoms with Crippen LogP contribution in [0.25, 0.3) is 0 Å². The number of nitrogens with zero attached hydrogens (tertiary/aromatic N) is 1. The molecule has 1 aromatic heterocycles. The number of carbonyl (C=O) groups excluding carboxylic acids is 2. The predicted molar refractivity (Wildman–Crippen MR) is 101 cm³/mol. The van der Waals surface area contributed by atoms with Gasteiger partial charge in [-0.25, -0.2) is 0 Å². The fraction of sp³-hybridized carbons (Fsp3) is 0.647. The van der Waals surface area contributed by atoms with Gasteiger partial charge in [0.1, 0.15) is 6.04 Å². The van der Waals surface area contributed by atoms with E-state index < -0.39 is 6.04 Å². The molecule has 1 rings (SSSR count). The second-order valence-electron chi connectivity index (χ2n) is 6.02. The van der Waals surface area contributed by atoms with Crippen molar-refractivity contribution in [2.45, 2.75) is 64.3 Å². The van der Waals surface area contributed by atoms with Gasteiger partial charge in [-0.1, -0.05) is 32.6 Å². The van der Waals surface area contributed by atoms with Crippen molar-refractivity contribution >= 4 is 29.0 Å². The van der Waals surface area contributed by atoms with E-state index in [0.717, 1.165) is 30.6 Å². The Morgan fingerprint density at radius 2 is 2.08 bits per heavy atom. The maximum absolute atomic E-state index is 12.3. The molecule has 0 saturated carbocycles. The molecule has 2 amide bonds. The molecule has 0 aliphatic heterocycles. The molecule has 5 N–H and O–H groups in total. The number of aromatic nitrogens is 1. The van der Waals surface area contributed by atoms with Crippen molar-refractivity contribution in [3.63, 3.8) is 0 Å². The lowest BCUT2D eigenvalue weighted by molar-refractivity contribution is -0.128. The van der Waals surface area contributed by atoms with Gasteiger partial charge in [0.2, 0.25) is 11.8 Å². The highest BCUT2D eigenvalue weighted by Crippen LogP contribution is 2.06. The van der Waals surface area contributed by atoms with Crippen LogP contribution in [-0.2, 0) is 16.0 Å². The second-order valence-corrected chi connectivity index (χ2v) is 6.99. The number of amides is 2. The predicted octanol–water partition coefficient (Wildman–Crippen LogP) is 1.97. The quantitative estimate of drug-likeness (QED) is 0.242. The van der Waals surface area contributed by atoms with E-state index >= 15 is 0 Å². The van der Waals surface area contributed by atoms with Crippen LogP contribution >= 0.6 is 11.3 Å². The third kappa shape index (κ3) is 9.81. The maximum atomic E-state index is 12.3. The number of rotatable bonds is 13. The summed E-state index contributed by atoms with van der Waals surface area (Å²) in [4.78, 5) is 29.4. The van der Waals surface area contributed by atoms with E-state index in [1.54, 1.807) is 11.7 Å². The van der Waals surface area contributed by atoms with Crippen molar-refractivity contribution in [3.8, 4) is 0 Å². The molecule has 0 aromatic carbocycles. The summed E-state index contributed by atoms with van der Waals surface area (Å²) >= 11 is 1.53. The lowest BCUT2D eigenvalue weighted by atomic mass is 10.1. The number of nitrogens with one attached hydrogen (secondary N) is 3. The Morgan fingerprint density at radius 1 is 1.32 bits per heavy atom. The van der Waals surface area contributed by atoms with Crippen LogP contribution in [0.15, 0.2) is 11.7 Å². The van der Waals surface area contributed by atoms with Crippen molar-refractivity contribution in [2.75, 3.05) is 6.54 Å². The Morgan fingerprint density at radius 3 is 2.72 bits per heavy atom. The van der Waals surface area contributed by atoms with E-state index in [1.165, 1.54) is 17.8 Å². The molecule has 1 aromatic rings. The number of amidine groups is 1. The van der Waals surface area contributed by atoms with E-state index in [9.17, 15) is 9.59 Å². The lowest BCUT2D eigenvalue weighted by Gasteiger charge is -2.18. The molecule has 0 spiro atoms. The van der Waals surface area contributed by atoms with Gasteiger partial charge in [0.15, 0.2) is 0 Å². The smallest absolute Gasteiger partial charge is 0.243 e. The van der Waals surface area contributed by atoms with E-state index in [-0.39, 0.29) is 24.1 Å². The molecule has 140 valence electrons. The van der Waals surface area contributed by atoms with Crippen LogP contribution < -0.4 is 16.4 Å². The zero-order valence-corrected chi connectivity index (χ0v) is 15.7. The summed E-state index contributed by atoms with van der Waals surface area (Å²) in [5, 5.41) is 12.9. The van der Waals surface area contributed by atoms with E-state index in [4.69, 9.17) is 11.1 Å². The highest BCUT2D eigenvalue weighted by atomic mass is 32.1. The van der Waals surface area contributed by atoms with Crippen molar-refractivity contribution in [3.05, 3.63) is 16.6 Å². The number of hydrogen-bond donors (Lipinski definition) is 4. The minimum Gasteiger partial charge on any atom is -0.388 e. The van der Waals surface area contributed by atoms with Crippen LogP contribution in [0.3, 0.4) is 0 Å². The number of hydrogen-bond acceptors (Lipinski definition) is 5. The average Bonchev–Trinajstić information content (AvgIpc) is 3.07. The molecule has 1 atom stereocenters. The van der Waals surface area contributed by atoms with Crippen molar-refractivity contribution in [1.29, 1.82) is 5.41 Å². The Kier molecular flexibility index (Phi) is 10.5. The Hall–Kier alpha value is -1.96. The maximum Gasteiger partial charge on any atom is 0.243 e. The van der Waals surface area contributed by atoms with E-state index in [1.807, 2.05) is 0 Å². The number of thiazole rings is 1. The lowest BCUT2D eigenvalue weighted by Crippen LogP contribution is -2.48. The molecule has 0 aliphatic rings. The summed E-state index contributed by atoms with van der Waals surface area (Å²) in [7, 11) is 0. The highest BCUT2D eigenvalue weighted by molar-refractivity contribution is 7.09. The zero-order valence-electron chi connectivity index (χ0n) is 14.8. The number of unbranched alkanes of at least 4 members (excludes halogenated alkanes) is 4. The fourth-order valence-corrected chi connectivity index (χ4v) is 2.98. The molecule has 25 heavy (non-hydrogen) atoms. The summed E-state index contributed by atoms with van der Waals surface area (Å²) in [6, 6.07) is -0.790. The van der Waals surface area contributed by atoms with Gasteiger partial charge in [0.05, 0.1) is 11.3 Å². The minimum absolute atomic E-state index is 0.0218. The largest absolute Gasteiger partial charge is 0.388 e. The number of carbonyl (C=O) groups is 2. The van der Waals surface area contributed by atoms with Gasteiger partial charge in [0.25, 0.3) is 0 Å². The van der Waals surface area contributed by atoms with Gasteiger partial charge in [-0.2, -0.15) is 0 Å². The molecule has 8 heteroatoms. The topological polar surface area (TPSA) is 121 Å². The third-order valence-corrected chi connectivity index (χ3v) is 4.58. The Bertz CT molecular complexity index is 533. The molecule has 1 heterocycles. The van der Waals surface area contributed by atoms with E-state index in [0.29, 0.717) is 19.4 Å². The number of nitrogens with two attached hydrogens (primary N) is 1. The molecule has 0 bridgehead atoms. The molecule has 0 saturated heterocycles. The molecule has 7 nitrogen and oxygen atoms in total. The first-order valence-electron chi connectivity index (χ1n) is 8.80. The first-order chi connectivity index (χ1) is 12.0. The van der Waals surface area contributed by atoms with Gasteiger partial charge in [-0.15, -0.1) is 11.3 Å². The summed E-state index contributed by atoms with van der Waals surface area (Å²) < 4.78 is 0. The van der Waals surface area contributed by atoms with Gasteiger partial charge in [-0.05, 0) is 6.42 Å². The summed E-state index contributed by atoms with van der Waals surface area (Å²) in [5.41, 5.74) is 7.16. The van der Waals surface area contributed by atoms with Crippen LogP contribution in [0.5, 0.6) is 0 Å². The molecular weight excluding hydrogens is 338 g/mol. The zero-order chi connectivity index (χ0) is 18.5. The minimum atomic E-state index is -0.790. The average molecular weight is 368 g/mol. The van der Waals surface area contributed by atoms with Crippen molar-refractivity contribution in [2.24, 2.45) is 5.73 Å². The standard InChI is InChI=1S/C17H29N5O2S/c1-2-3-4-5-6-7-16(23)22-14(10-15(18)19)17(24)21-9-8-13-11-20-12-25-13/h11-12,14H,2-10H2,1H3,(H3,18,19)(H,21,24)(H,22,23)/t14-/m1/s1. The molecule has 0 unspecified atom stereocenters. The summed E-state index contributed by atoms with van der Waals surface area (Å²) in [6.07, 6.45) is 8.16. The van der Waals surface area contributed by atoms with Gasteiger partial charge < -0.3 is 16.4 Å².